The Morgan fingerprint density at radius 3 is 2.35 bits per heavy atom. The third kappa shape index (κ3) is 5.03. The maximum atomic E-state index is 13.0. The predicted octanol–water partition coefficient (Wildman–Crippen LogP) is 2.98. The Morgan fingerprint density at radius 2 is 1.77 bits per heavy atom. The van der Waals surface area contributed by atoms with Crippen LogP contribution in [0.5, 0.6) is 0 Å². The van der Waals surface area contributed by atoms with Crippen LogP contribution < -0.4 is 5.32 Å². The molecule has 8 heteroatoms. The van der Waals surface area contributed by atoms with Crippen LogP contribution in [-0.2, 0) is 9.53 Å². The summed E-state index contributed by atoms with van der Waals surface area (Å²) in [5, 5.41) is 2.43. The van der Waals surface area contributed by atoms with Crippen molar-refractivity contribution in [1.29, 1.82) is 0 Å². The van der Waals surface area contributed by atoms with Crippen LogP contribution >= 0.6 is 11.6 Å². The van der Waals surface area contributed by atoms with Crippen molar-refractivity contribution in [2.45, 2.75) is 0 Å². The Bertz CT molecular complexity index is 838. The van der Waals surface area contributed by atoms with E-state index in [1.165, 1.54) is 11.0 Å². The molecule has 0 radical (unpaired) electrons. The molecule has 136 valence electrons. The Hall–Kier alpha value is -2.93. The van der Waals surface area contributed by atoms with Gasteiger partial charge in [-0.2, -0.15) is 0 Å². The van der Waals surface area contributed by atoms with Gasteiger partial charge in [0.05, 0.1) is 10.6 Å². The number of rotatable bonds is 5. The Morgan fingerprint density at radius 1 is 1.12 bits per heavy atom. The van der Waals surface area contributed by atoms with E-state index in [9.17, 15) is 18.8 Å². The minimum atomic E-state index is -0.836. The molecule has 2 aromatic carbocycles. The van der Waals surface area contributed by atoms with Crippen LogP contribution in [0.2, 0.25) is 5.02 Å². The van der Waals surface area contributed by atoms with E-state index in [1.54, 1.807) is 38.4 Å². The van der Waals surface area contributed by atoms with Crippen LogP contribution in [0, 0.1) is 5.82 Å². The summed E-state index contributed by atoms with van der Waals surface area (Å²) in [6, 6.07) is 9.50. The number of halogens is 2. The highest BCUT2D eigenvalue weighted by Crippen LogP contribution is 2.18. The number of nitrogens with zero attached hydrogens (tertiary/aromatic N) is 1. The van der Waals surface area contributed by atoms with E-state index in [0.29, 0.717) is 11.3 Å². The van der Waals surface area contributed by atoms with Gasteiger partial charge in [-0.05, 0) is 42.5 Å². The number of anilines is 1. The largest absolute Gasteiger partial charge is 0.452 e. The van der Waals surface area contributed by atoms with Crippen LogP contribution in [0.4, 0.5) is 10.1 Å². The summed E-state index contributed by atoms with van der Waals surface area (Å²) < 4.78 is 17.8. The van der Waals surface area contributed by atoms with Gasteiger partial charge >= 0.3 is 5.97 Å². The molecule has 0 aliphatic heterocycles. The zero-order chi connectivity index (χ0) is 19.3. The first-order chi connectivity index (χ1) is 12.3. The van der Waals surface area contributed by atoms with Gasteiger partial charge in [-0.15, -0.1) is 0 Å². The van der Waals surface area contributed by atoms with Gasteiger partial charge in [0.2, 0.25) is 0 Å². The number of esters is 1. The zero-order valence-corrected chi connectivity index (χ0v) is 14.8. The predicted molar refractivity (Wildman–Crippen MR) is 94.8 cm³/mol. The fraction of sp³-hybridized carbons (Fsp3) is 0.167. The molecule has 6 nitrogen and oxygen atoms in total. The lowest BCUT2D eigenvalue weighted by Crippen LogP contribution is -2.22. The van der Waals surface area contributed by atoms with Gasteiger partial charge in [-0.3, -0.25) is 9.59 Å². The fourth-order valence-corrected chi connectivity index (χ4v) is 2.26. The summed E-state index contributed by atoms with van der Waals surface area (Å²) in [5.41, 5.74) is 0.888. The average molecular weight is 379 g/mol. The van der Waals surface area contributed by atoms with E-state index in [4.69, 9.17) is 16.3 Å². The van der Waals surface area contributed by atoms with Crippen LogP contribution in [0.25, 0.3) is 0 Å². The van der Waals surface area contributed by atoms with Crippen molar-refractivity contribution in [2.75, 3.05) is 26.0 Å². The third-order valence-corrected chi connectivity index (χ3v) is 3.62. The van der Waals surface area contributed by atoms with Crippen LogP contribution in [0.1, 0.15) is 20.7 Å². The molecular formula is C18H16ClFN2O4. The number of benzene rings is 2. The number of nitrogens with one attached hydrogen (secondary N) is 1. The van der Waals surface area contributed by atoms with Gasteiger partial charge in [0, 0.05) is 25.3 Å². The minimum Gasteiger partial charge on any atom is -0.452 e. The van der Waals surface area contributed by atoms with Crippen molar-refractivity contribution in [3.05, 3.63) is 64.4 Å². The summed E-state index contributed by atoms with van der Waals surface area (Å²) in [4.78, 5) is 36.9. The van der Waals surface area contributed by atoms with Gasteiger partial charge in [0.15, 0.2) is 6.61 Å². The van der Waals surface area contributed by atoms with Gasteiger partial charge in [-0.1, -0.05) is 11.6 Å². The quantitative estimate of drug-likeness (QED) is 0.811. The number of hydrogen-bond donors (Lipinski definition) is 1. The Balaban J connectivity index is 1.90. The van der Waals surface area contributed by atoms with Gasteiger partial charge in [0.1, 0.15) is 5.82 Å². The van der Waals surface area contributed by atoms with E-state index in [2.05, 4.69) is 5.32 Å². The monoisotopic (exact) mass is 378 g/mol. The first kappa shape index (κ1) is 19.4. The van der Waals surface area contributed by atoms with Crippen molar-refractivity contribution in [1.82, 2.24) is 4.90 Å². The number of amides is 2. The average Bonchev–Trinajstić information content (AvgIpc) is 2.59. The lowest BCUT2D eigenvalue weighted by Gasteiger charge is -2.11. The second kappa shape index (κ2) is 8.44. The van der Waals surface area contributed by atoms with E-state index < -0.39 is 24.3 Å². The molecule has 0 bridgehead atoms. The highest BCUT2D eigenvalue weighted by atomic mass is 35.5. The first-order valence-electron chi connectivity index (χ1n) is 7.51. The zero-order valence-electron chi connectivity index (χ0n) is 14.1. The van der Waals surface area contributed by atoms with Crippen LogP contribution in [-0.4, -0.2) is 43.4 Å². The molecule has 2 rings (SSSR count). The van der Waals surface area contributed by atoms with Gasteiger partial charge in [0.25, 0.3) is 11.8 Å². The lowest BCUT2D eigenvalue weighted by atomic mass is 10.2. The van der Waals surface area contributed by atoms with Crippen molar-refractivity contribution in [3.8, 4) is 0 Å². The topological polar surface area (TPSA) is 75.7 Å². The molecular weight excluding hydrogens is 363 g/mol. The summed E-state index contributed by atoms with van der Waals surface area (Å²) in [5.74, 6) is -2.14. The van der Waals surface area contributed by atoms with Crippen molar-refractivity contribution in [3.63, 3.8) is 0 Å². The van der Waals surface area contributed by atoms with Gasteiger partial charge < -0.3 is 15.0 Å². The second-order valence-corrected chi connectivity index (χ2v) is 5.93. The van der Waals surface area contributed by atoms with E-state index in [-0.39, 0.29) is 16.5 Å². The molecule has 0 heterocycles. The molecule has 0 aliphatic rings. The molecule has 0 aliphatic carbocycles. The SMILES string of the molecule is CN(C)C(=O)c1ccc(NC(=O)COC(=O)c2ccc(F)cc2Cl)cc1. The number of ether oxygens (including phenoxy) is 1. The third-order valence-electron chi connectivity index (χ3n) is 3.31. The highest BCUT2D eigenvalue weighted by Gasteiger charge is 2.15. The lowest BCUT2D eigenvalue weighted by molar-refractivity contribution is -0.119. The van der Waals surface area contributed by atoms with Crippen molar-refractivity contribution >= 4 is 35.1 Å². The molecule has 0 saturated heterocycles. The number of carbonyl (C=O) groups is 3. The van der Waals surface area contributed by atoms with E-state index >= 15 is 0 Å². The van der Waals surface area contributed by atoms with E-state index in [0.717, 1.165) is 12.1 Å². The molecule has 0 atom stereocenters. The number of hydrogen-bond acceptors (Lipinski definition) is 4. The fourth-order valence-electron chi connectivity index (χ4n) is 2.02. The number of carbonyl (C=O) groups excluding carboxylic acids is 3. The first-order valence-corrected chi connectivity index (χ1v) is 7.89. The van der Waals surface area contributed by atoms with Crippen molar-refractivity contribution < 1.29 is 23.5 Å². The maximum absolute atomic E-state index is 13.0. The standard InChI is InChI=1S/C18H16ClFN2O4/c1-22(2)17(24)11-3-6-13(7-4-11)21-16(23)10-26-18(25)14-8-5-12(20)9-15(14)19/h3-9H,10H2,1-2H3,(H,21,23). The summed E-state index contributed by atoms with van der Waals surface area (Å²) >= 11 is 5.76. The second-order valence-electron chi connectivity index (χ2n) is 5.53. The summed E-state index contributed by atoms with van der Waals surface area (Å²) in [6.07, 6.45) is 0. The molecule has 0 unspecified atom stereocenters. The minimum absolute atomic E-state index is 0.0348. The molecule has 0 aromatic heterocycles. The van der Waals surface area contributed by atoms with Crippen LogP contribution in [0.15, 0.2) is 42.5 Å². The molecule has 26 heavy (non-hydrogen) atoms. The Labute approximate surface area is 154 Å². The Kier molecular flexibility index (Phi) is 6.30. The molecule has 0 spiro atoms. The highest BCUT2D eigenvalue weighted by molar-refractivity contribution is 6.33. The smallest absolute Gasteiger partial charge is 0.340 e. The summed E-state index contributed by atoms with van der Waals surface area (Å²) in [6.45, 7) is -0.537. The molecule has 1 N–H and O–H groups in total. The van der Waals surface area contributed by atoms with E-state index in [1.807, 2.05) is 0 Å². The normalized spacial score (nSPS) is 10.2. The summed E-state index contributed by atoms with van der Waals surface area (Å²) in [7, 11) is 3.28. The maximum Gasteiger partial charge on any atom is 0.340 e. The molecule has 2 aromatic rings. The van der Waals surface area contributed by atoms with Crippen molar-refractivity contribution in [2.24, 2.45) is 0 Å². The molecule has 2 amide bonds. The van der Waals surface area contributed by atoms with Gasteiger partial charge in [-0.25, -0.2) is 9.18 Å². The van der Waals surface area contributed by atoms with Crippen LogP contribution in [0.3, 0.4) is 0 Å². The molecule has 0 fully saturated rings. The molecule has 0 saturated carbocycles.